The number of aromatic nitrogens is 1. The minimum atomic E-state index is -0.612. The van der Waals surface area contributed by atoms with Crippen molar-refractivity contribution in [3.63, 3.8) is 0 Å². The lowest BCUT2D eigenvalue weighted by Crippen LogP contribution is -2.38. The topological polar surface area (TPSA) is 73.8 Å². The molecule has 1 unspecified atom stereocenters. The third kappa shape index (κ3) is 3.84. The smallest absolute Gasteiger partial charge is 0.338 e. The zero-order valence-electron chi connectivity index (χ0n) is 16.6. The van der Waals surface area contributed by atoms with Crippen molar-refractivity contribution < 1.29 is 13.9 Å². The molecule has 3 aromatic rings. The number of hydrogen-bond donors (Lipinski definition) is 0. The Morgan fingerprint density at radius 3 is 2.77 bits per heavy atom. The average molecular weight is 420 g/mol. The van der Waals surface area contributed by atoms with Crippen LogP contribution in [0.5, 0.6) is 0 Å². The van der Waals surface area contributed by atoms with Gasteiger partial charge in [-0.3, -0.25) is 9.36 Å². The summed E-state index contributed by atoms with van der Waals surface area (Å²) in [5.41, 5.74) is 1.64. The number of benzene rings is 1. The summed E-state index contributed by atoms with van der Waals surface area (Å²) in [6.45, 7) is 3.76. The summed E-state index contributed by atoms with van der Waals surface area (Å²) >= 11 is 1.26. The summed E-state index contributed by atoms with van der Waals surface area (Å²) in [5, 5.41) is 0. The van der Waals surface area contributed by atoms with Gasteiger partial charge < -0.3 is 9.15 Å². The average Bonchev–Trinajstić information content (AvgIpc) is 3.35. The highest BCUT2D eigenvalue weighted by Crippen LogP contribution is 2.26. The Morgan fingerprint density at radius 2 is 2.07 bits per heavy atom. The van der Waals surface area contributed by atoms with Gasteiger partial charge in [0.2, 0.25) is 0 Å². The first-order valence-electron chi connectivity index (χ1n) is 9.55. The number of furan rings is 1. The van der Waals surface area contributed by atoms with Crippen LogP contribution in [0.2, 0.25) is 0 Å². The Bertz CT molecular complexity index is 1300. The number of nitrogens with zero attached hydrogens (tertiary/aromatic N) is 2. The second-order valence-corrected chi connectivity index (χ2v) is 7.64. The third-order valence-electron chi connectivity index (χ3n) is 4.65. The van der Waals surface area contributed by atoms with Crippen LogP contribution in [-0.2, 0) is 9.53 Å². The predicted octanol–water partition coefficient (Wildman–Crippen LogP) is 3.06. The van der Waals surface area contributed by atoms with Crippen LogP contribution in [0.1, 0.15) is 31.2 Å². The second kappa shape index (κ2) is 8.51. The lowest BCUT2D eigenvalue weighted by atomic mass is 10.0. The lowest BCUT2D eigenvalue weighted by molar-refractivity contribution is -0.139. The van der Waals surface area contributed by atoms with Gasteiger partial charge in [-0.05, 0) is 31.5 Å². The van der Waals surface area contributed by atoms with E-state index in [1.807, 2.05) is 42.5 Å². The number of thiazole rings is 1. The monoisotopic (exact) mass is 420 g/mol. The van der Waals surface area contributed by atoms with E-state index in [9.17, 15) is 9.59 Å². The van der Waals surface area contributed by atoms with E-state index in [0.717, 1.165) is 5.56 Å². The maximum absolute atomic E-state index is 13.2. The molecule has 2 aromatic heterocycles. The van der Waals surface area contributed by atoms with Crippen molar-refractivity contribution in [2.45, 2.75) is 19.9 Å². The van der Waals surface area contributed by atoms with Gasteiger partial charge >= 0.3 is 5.97 Å². The molecule has 0 aliphatic carbocycles. The van der Waals surface area contributed by atoms with E-state index in [0.29, 0.717) is 26.4 Å². The van der Waals surface area contributed by atoms with Crippen LogP contribution < -0.4 is 14.9 Å². The van der Waals surface area contributed by atoms with Gasteiger partial charge in [0.1, 0.15) is 5.76 Å². The third-order valence-corrected chi connectivity index (χ3v) is 5.63. The highest BCUT2D eigenvalue weighted by atomic mass is 32.1. The van der Waals surface area contributed by atoms with Crippen LogP contribution in [0.4, 0.5) is 0 Å². The number of hydrogen-bond acceptors (Lipinski definition) is 6. The Labute approximate surface area is 176 Å². The molecule has 0 amide bonds. The van der Waals surface area contributed by atoms with E-state index in [-0.39, 0.29) is 12.2 Å². The van der Waals surface area contributed by atoms with Gasteiger partial charge in [0.05, 0.1) is 34.7 Å². The quantitative estimate of drug-likeness (QED) is 0.595. The van der Waals surface area contributed by atoms with Gasteiger partial charge in [-0.25, -0.2) is 9.79 Å². The molecule has 0 fully saturated rings. The number of allylic oxidation sites excluding steroid dienone is 2. The molecule has 152 valence electrons. The second-order valence-electron chi connectivity index (χ2n) is 6.63. The first-order valence-corrected chi connectivity index (χ1v) is 10.4. The summed E-state index contributed by atoms with van der Waals surface area (Å²) in [5.74, 6) is 0.111. The summed E-state index contributed by atoms with van der Waals surface area (Å²) in [6.07, 6.45) is 6.98. The number of fused-ring (bicyclic) bond motifs is 1. The highest BCUT2D eigenvalue weighted by Gasteiger charge is 2.30. The molecule has 0 saturated heterocycles. The molecule has 0 radical (unpaired) electrons. The van der Waals surface area contributed by atoms with Crippen LogP contribution in [0, 0.1) is 0 Å². The summed E-state index contributed by atoms with van der Waals surface area (Å²) < 4.78 is 12.6. The maximum Gasteiger partial charge on any atom is 0.338 e. The molecule has 4 rings (SSSR count). The molecule has 0 spiro atoms. The van der Waals surface area contributed by atoms with Crippen molar-refractivity contribution in [1.29, 1.82) is 0 Å². The lowest BCUT2D eigenvalue weighted by Gasteiger charge is -2.21. The van der Waals surface area contributed by atoms with Crippen molar-refractivity contribution in [1.82, 2.24) is 4.57 Å². The Balaban J connectivity index is 1.88. The Morgan fingerprint density at radius 1 is 1.27 bits per heavy atom. The first kappa shape index (κ1) is 19.8. The van der Waals surface area contributed by atoms with E-state index >= 15 is 0 Å². The number of rotatable bonds is 5. The van der Waals surface area contributed by atoms with Gasteiger partial charge in [0.15, 0.2) is 4.80 Å². The van der Waals surface area contributed by atoms with E-state index in [1.54, 1.807) is 38.3 Å². The molecule has 7 heteroatoms. The minimum Gasteiger partial charge on any atom is -0.465 e. The van der Waals surface area contributed by atoms with Crippen LogP contribution in [0.25, 0.3) is 12.2 Å². The van der Waals surface area contributed by atoms with Crippen LogP contribution in [-0.4, -0.2) is 17.1 Å². The predicted molar refractivity (Wildman–Crippen MR) is 115 cm³/mol. The van der Waals surface area contributed by atoms with Gasteiger partial charge in [-0.2, -0.15) is 0 Å². The van der Waals surface area contributed by atoms with Crippen molar-refractivity contribution in [2.24, 2.45) is 4.99 Å². The van der Waals surface area contributed by atoms with E-state index < -0.39 is 12.0 Å². The van der Waals surface area contributed by atoms with Gasteiger partial charge in [-0.15, -0.1) is 0 Å². The zero-order chi connectivity index (χ0) is 21.1. The van der Waals surface area contributed by atoms with Crippen LogP contribution in [0.15, 0.2) is 80.3 Å². The van der Waals surface area contributed by atoms with Crippen LogP contribution >= 0.6 is 11.3 Å². The minimum absolute atomic E-state index is 0.229. The summed E-state index contributed by atoms with van der Waals surface area (Å²) in [7, 11) is 0. The molecule has 0 saturated carbocycles. The van der Waals surface area contributed by atoms with E-state index in [1.165, 1.54) is 15.9 Å². The molecular formula is C23H20N2O4S. The molecule has 30 heavy (non-hydrogen) atoms. The fourth-order valence-electron chi connectivity index (χ4n) is 3.29. The fraction of sp³-hybridized carbons (Fsp3) is 0.174. The zero-order valence-corrected chi connectivity index (χ0v) is 17.4. The molecule has 0 N–H and O–H groups in total. The molecular weight excluding hydrogens is 400 g/mol. The van der Waals surface area contributed by atoms with Gasteiger partial charge in [0, 0.05) is 6.08 Å². The molecule has 1 aliphatic heterocycles. The Hall–Kier alpha value is -3.45. The standard InChI is InChI=1S/C23H20N2O4S/c1-3-28-22(27)20-15(2)24-23-25(18(20)12-11-16-8-5-4-6-9-16)21(26)19(30-23)14-17-10-7-13-29-17/h4-14,18H,3H2,1-2H3/b12-11+,19-14+. The molecule has 0 bridgehead atoms. The van der Waals surface area contributed by atoms with Crippen molar-refractivity contribution in [2.75, 3.05) is 6.61 Å². The largest absolute Gasteiger partial charge is 0.465 e. The van der Waals surface area contributed by atoms with E-state index in [4.69, 9.17) is 9.15 Å². The fourth-order valence-corrected chi connectivity index (χ4v) is 4.32. The molecule has 6 nitrogen and oxygen atoms in total. The van der Waals surface area contributed by atoms with Gasteiger partial charge in [-0.1, -0.05) is 53.8 Å². The van der Waals surface area contributed by atoms with Crippen LogP contribution in [0.3, 0.4) is 0 Å². The number of ether oxygens (including phenoxy) is 1. The Kier molecular flexibility index (Phi) is 5.63. The van der Waals surface area contributed by atoms with E-state index in [2.05, 4.69) is 4.99 Å². The molecule has 1 atom stereocenters. The summed E-state index contributed by atoms with van der Waals surface area (Å²) in [6, 6.07) is 12.6. The maximum atomic E-state index is 13.2. The molecule has 1 aliphatic rings. The highest BCUT2D eigenvalue weighted by molar-refractivity contribution is 7.07. The van der Waals surface area contributed by atoms with Crippen molar-refractivity contribution in [3.05, 3.63) is 97.1 Å². The number of carbonyl (C=O) groups excluding carboxylic acids is 1. The van der Waals surface area contributed by atoms with Gasteiger partial charge in [0.25, 0.3) is 5.56 Å². The molecule has 3 heterocycles. The first-order chi connectivity index (χ1) is 14.6. The van der Waals surface area contributed by atoms with Crippen molar-refractivity contribution in [3.8, 4) is 0 Å². The SMILES string of the molecule is CCOC(=O)C1=C(C)N=c2s/c(=C/c3ccco3)c(=O)n2C1/C=C/c1ccccc1. The van der Waals surface area contributed by atoms with Crippen molar-refractivity contribution >= 4 is 29.5 Å². The number of esters is 1. The number of carbonyl (C=O) groups is 1. The normalized spacial score (nSPS) is 16.6. The summed E-state index contributed by atoms with van der Waals surface area (Å²) in [4.78, 5) is 31.0. The molecule has 1 aromatic carbocycles.